The molecule has 0 aliphatic heterocycles. The lowest BCUT2D eigenvalue weighted by atomic mass is 10.1. The van der Waals surface area contributed by atoms with Gasteiger partial charge < -0.3 is 14.4 Å². The van der Waals surface area contributed by atoms with Crippen molar-refractivity contribution in [3.63, 3.8) is 0 Å². The molecular weight excluding hydrogens is 367 g/mol. The van der Waals surface area contributed by atoms with E-state index in [1.54, 1.807) is 30.3 Å². The second kappa shape index (κ2) is 9.03. The second-order valence-electron chi connectivity index (χ2n) is 5.49. The fraction of sp³-hybridized carbons (Fsp3) is 0.235. The van der Waals surface area contributed by atoms with E-state index in [1.807, 2.05) is 19.0 Å². The van der Waals surface area contributed by atoms with Crippen molar-refractivity contribution in [2.24, 2.45) is 0 Å². The van der Waals surface area contributed by atoms with E-state index in [9.17, 15) is 10.0 Å². The SMILES string of the molecule is CN(C)CCOC(=O)c1cc(Oc2ccc(Cl)cc2Cl)ccc1[NH2+]O. The molecule has 2 aromatic rings. The molecule has 2 aromatic carbocycles. The summed E-state index contributed by atoms with van der Waals surface area (Å²) in [6.45, 7) is 0.839. The standard InChI is InChI=1S/C17H18Cl2N2O4/c1-21(2)7-8-24-17(22)13-10-12(4-5-15(13)20-23)25-16-6-3-11(18)9-14(16)19/h3-6,9-10,20,23H,7-8H2,1-2H3/p+1. The third-order valence-corrected chi connectivity index (χ3v) is 3.81. The van der Waals surface area contributed by atoms with Crippen molar-refractivity contribution in [1.82, 2.24) is 4.90 Å². The highest BCUT2D eigenvalue weighted by Gasteiger charge is 2.18. The van der Waals surface area contributed by atoms with Crippen molar-refractivity contribution in [3.8, 4) is 11.5 Å². The lowest BCUT2D eigenvalue weighted by Gasteiger charge is -2.12. The van der Waals surface area contributed by atoms with Crippen LogP contribution in [0.1, 0.15) is 10.4 Å². The van der Waals surface area contributed by atoms with E-state index in [0.29, 0.717) is 33.8 Å². The Morgan fingerprint density at radius 2 is 1.96 bits per heavy atom. The lowest BCUT2D eigenvalue weighted by Crippen LogP contribution is -2.74. The molecule has 25 heavy (non-hydrogen) atoms. The van der Waals surface area contributed by atoms with Crippen molar-refractivity contribution in [2.75, 3.05) is 27.2 Å². The molecule has 0 radical (unpaired) electrons. The van der Waals surface area contributed by atoms with Gasteiger partial charge in [0.15, 0.2) is 5.69 Å². The molecule has 0 heterocycles. The minimum Gasteiger partial charge on any atom is -0.461 e. The van der Waals surface area contributed by atoms with Crippen LogP contribution in [-0.4, -0.2) is 43.3 Å². The van der Waals surface area contributed by atoms with Gasteiger partial charge in [0, 0.05) is 23.7 Å². The Balaban J connectivity index is 2.19. The number of nitrogens with zero attached hydrogens (tertiary/aromatic N) is 1. The summed E-state index contributed by atoms with van der Waals surface area (Å²) in [6.07, 6.45) is 0. The maximum absolute atomic E-state index is 12.3. The largest absolute Gasteiger partial charge is 0.461 e. The Labute approximate surface area is 155 Å². The molecule has 0 aliphatic carbocycles. The van der Waals surface area contributed by atoms with E-state index in [-0.39, 0.29) is 12.2 Å². The summed E-state index contributed by atoms with van der Waals surface area (Å²) in [4.78, 5) is 14.1. The monoisotopic (exact) mass is 385 g/mol. The van der Waals surface area contributed by atoms with Crippen molar-refractivity contribution >= 4 is 34.9 Å². The second-order valence-corrected chi connectivity index (χ2v) is 6.34. The van der Waals surface area contributed by atoms with E-state index in [2.05, 4.69) is 0 Å². The molecule has 3 N–H and O–H groups in total. The molecule has 134 valence electrons. The maximum atomic E-state index is 12.3. The zero-order chi connectivity index (χ0) is 18.4. The van der Waals surface area contributed by atoms with Gasteiger partial charge in [-0.15, -0.1) is 0 Å². The van der Waals surface area contributed by atoms with E-state index >= 15 is 0 Å². The lowest BCUT2D eigenvalue weighted by molar-refractivity contribution is -0.825. The molecule has 6 nitrogen and oxygen atoms in total. The van der Waals surface area contributed by atoms with Gasteiger partial charge in [-0.2, -0.15) is 5.48 Å². The van der Waals surface area contributed by atoms with Gasteiger partial charge in [-0.1, -0.05) is 23.2 Å². The minimum absolute atomic E-state index is 0.198. The van der Waals surface area contributed by atoms with E-state index < -0.39 is 5.97 Å². The number of carbonyl (C=O) groups excluding carboxylic acids is 1. The number of benzene rings is 2. The Bertz CT molecular complexity index is 753. The summed E-state index contributed by atoms with van der Waals surface area (Å²) in [5.41, 5.74) is 1.38. The van der Waals surface area contributed by atoms with Crippen molar-refractivity contribution in [2.45, 2.75) is 0 Å². The van der Waals surface area contributed by atoms with Crippen molar-refractivity contribution in [1.29, 1.82) is 0 Å². The molecule has 0 saturated heterocycles. The number of hydrogen-bond acceptors (Lipinski definition) is 5. The van der Waals surface area contributed by atoms with Crippen LogP contribution in [0.2, 0.25) is 10.0 Å². The third kappa shape index (κ3) is 5.59. The van der Waals surface area contributed by atoms with Crippen LogP contribution >= 0.6 is 23.2 Å². The Kier molecular flexibility index (Phi) is 7.04. The average Bonchev–Trinajstić information content (AvgIpc) is 2.57. The number of hydrogen-bond donors (Lipinski definition) is 2. The van der Waals surface area contributed by atoms with Gasteiger partial charge in [-0.3, -0.25) is 0 Å². The van der Waals surface area contributed by atoms with E-state index in [1.165, 1.54) is 6.07 Å². The molecule has 8 heteroatoms. The molecule has 0 unspecified atom stereocenters. The van der Waals surface area contributed by atoms with Gasteiger partial charge in [0.05, 0.1) is 5.02 Å². The molecule has 0 fully saturated rings. The zero-order valence-electron chi connectivity index (χ0n) is 13.8. The average molecular weight is 386 g/mol. The maximum Gasteiger partial charge on any atom is 0.344 e. The van der Waals surface area contributed by atoms with Gasteiger partial charge in [0.25, 0.3) is 0 Å². The summed E-state index contributed by atoms with van der Waals surface area (Å²) in [5, 5.41) is 10.2. The van der Waals surface area contributed by atoms with Gasteiger partial charge in [0.1, 0.15) is 23.7 Å². The number of ether oxygens (including phenoxy) is 2. The normalized spacial score (nSPS) is 10.8. The Hall–Kier alpha value is -1.83. The molecular formula is C17H19Cl2N2O4+. The number of likely N-dealkylation sites (N-methyl/N-ethyl adjacent to an activating group) is 1. The van der Waals surface area contributed by atoms with Crippen LogP contribution in [0.4, 0.5) is 5.69 Å². The number of esters is 1. The smallest absolute Gasteiger partial charge is 0.344 e. The van der Waals surface area contributed by atoms with Gasteiger partial charge in [-0.05, 0) is 38.4 Å². The first-order valence-electron chi connectivity index (χ1n) is 7.47. The Morgan fingerprint density at radius 1 is 1.20 bits per heavy atom. The van der Waals surface area contributed by atoms with Crippen LogP contribution < -0.4 is 10.2 Å². The van der Waals surface area contributed by atoms with Crippen molar-refractivity contribution in [3.05, 3.63) is 52.0 Å². The first-order valence-corrected chi connectivity index (χ1v) is 8.22. The quantitative estimate of drug-likeness (QED) is 0.435. The molecule has 0 aliphatic rings. The van der Waals surface area contributed by atoms with Crippen molar-refractivity contribution < 1.29 is 25.0 Å². The summed E-state index contributed by atoms with van der Waals surface area (Å²) < 4.78 is 10.9. The predicted octanol–water partition coefficient (Wildman–Crippen LogP) is 3.09. The minimum atomic E-state index is -0.546. The number of carbonyl (C=O) groups is 1. The van der Waals surface area contributed by atoms with Gasteiger partial charge in [0.2, 0.25) is 0 Å². The molecule has 0 amide bonds. The number of nitrogens with two attached hydrogens (primary N) is 1. The van der Waals surface area contributed by atoms with E-state index in [0.717, 1.165) is 5.48 Å². The van der Waals surface area contributed by atoms with E-state index in [4.69, 9.17) is 32.7 Å². The van der Waals surface area contributed by atoms with Gasteiger partial charge >= 0.3 is 5.97 Å². The third-order valence-electron chi connectivity index (χ3n) is 3.28. The van der Waals surface area contributed by atoms with Crippen LogP contribution in [-0.2, 0) is 4.74 Å². The summed E-state index contributed by atoms with van der Waals surface area (Å²) in [6, 6.07) is 9.50. The fourth-order valence-electron chi connectivity index (χ4n) is 1.97. The number of quaternary nitrogens is 1. The fourth-order valence-corrected chi connectivity index (χ4v) is 2.42. The molecule has 0 aromatic heterocycles. The first kappa shape index (κ1) is 19.5. The highest BCUT2D eigenvalue weighted by molar-refractivity contribution is 6.35. The number of rotatable bonds is 7. The summed E-state index contributed by atoms with van der Waals surface area (Å²) >= 11 is 11.9. The Morgan fingerprint density at radius 3 is 2.60 bits per heavy atom. The molecule has 0 spiro atoms. The summed E-state index contributed by atoms with van der Waals surface area (Å²) in [5.74, 6) is 0.239. The van der Waals surface area contributed by atoms with Crippen LogP contribution in [0, 0.1) is 0 Å². The van der Waals surface area contributed by atoms with Crippen LogP contribution in [0.5, 0.6) is 11.5 Å². The highest BCUT2D eigenvalue weighted by atomic mass is 35.5. The molecule has 0 atom stereocenters. The van der Waals surface area contributed by atoms with Crippen LogP contribution in [0.25, 0.3) is 0 Å². The van der Waals surface area contributed by atoms with Gasteiger partial charge in [-0.25, -0.2) is 10.0 Å². The molecule has 0 bridgehead atoms. The zero-order valence-corrected chi connectivity index (χ0v) is 15.3. The summed E-state index contributed by atoms with van der Waals surface area (Å²) in [7, 11) is 3.76. The number of halogens is 2. The highest BCUT2D eigenvalue weighted by Crippen LogP contribution is 2.32. The van der Waals surface area contributed by atoms with Crippen LogP contribution in [0.15, 0.2) is 36.4 Å². The first-order chi connectivity index (χ1) is 11.9. The predicted molar refractivity (Wildman–Crippen MR) is 95.2 cm³/mol. The molecule has 2 rings (SSSR count). The molecule has 0 saturated carbocycles. The van der Waals surface area contributed by atoms with Crippen LogP contribution in [0.3, 0.4) is 0 Å². The topological polar surface area (TPSA) is 75.6 Å².